The van der Waals surface area contributed by atoms with Gasteiger partial charge in [-0.3, -0.25) is 4.79 Å². The van der Waals surface area contributed by atoms with Gasteiger partial charge in [0.1, 0.15) is 23.2 Å². The fourth-order valence-electron chi connectivity index (χ4n) is 3.96. The van der Waals surface area contributed by atoms with Crippen LogP contribution in [0.1, 0.15) is 30.0 Å². The SMILES string of the molecule is COc1ccc(Cl)cc1NC(=O)[C@@H]1CCCN(c2nc(C)nc3oc(C)c(C)c23)C1. The van der Waals surface area contributed by atoms with Gasteiger partial charge in [-0.2, -0.15) is 4.98 Å². The van der Waals surface area contributed by atoms with E-state index in [1.54, 1.807) is 25.3 Å². The van der Waals surface area contributed by atoms with E-state index in [0.29, 0.717) is 34.5 Å². The van der Waals surface area contributed by atoms with Crippen LogP contribution in [-0.4, -0.2) is 36.1 Å². The van der Waals surface area contributed by atoms with E-state index >= 15 is 0 Å². The second-order valence-corrected chi connectivity index (χ2v) is 8.11. The topological polar surface area (TPSA) is 80.5 Å². The van der Waals surface area contributed by atoms with Crippen molar-refractivity contribution in [2.24, 2.45) is 5.92 Å². The third-order valence-corrected chi connectivity index (χ3v) is 5.87. The zero-order valence-corrected chi connectivity index (χ0v) is 18.3. The van der Waals surface area contributed by atoms with Crippen LogP contribution in [0.4, 0.5) is 11.5 Å². The predicted octanol–water partition coefficient (Wildman–Crippen LogP) is 4.67. The number of carbonyl (C=O) groups excluding carboxylic acids is 1. The number of methoxy groups -OCH3 is 1. The van der Waals surface area contributed by atoms with Crippen molar-refractivity contribution in [2.45, 2.75) is 33.6 Å². The van der Waals surface area contributed by atoms with E-state index in [1.165, 1.54) is 0 Å². The number of ether oxygens (including phenoxy) is 1. The summed E-state index contributed by atoms with van der Waals surface area (Å²) in [5.41, 5.74) is 2.21. The monoisotopic (exact) mass is 428 g/mol. The summed E-state index contributed by atoms with van der Waals surface area (Å²) in [6.45, 7) is 7.21. The Morgan fingerprint density at radius 2 is 2.10 bits per heavy atom. The highest BCUT2D eigenvalue weighted by atomic mass is 35.5. The van der Waals surface area contributed by atoms with Gasteiger partial charge in [-0.15, -0.1) is 0 Å². The number of halogens is 1. The van der Waals surface area contributed by atoms with E-state index in [1.807, 2.05) is 20.8 Å². The number of anilines is 2. The molecule has 0 saturated carbocycles. The van der Waals surface area contributed by atoms with Gasteiger partial charge in [-0.25, -0.2) is 4.98 Å². The highest BCUT2D eigenvalue weighted by Crippen LogP contribution is 2.34. The summed E-state index contributed by atoms with van der Waals surface area (Å²) in [5.74, 6) is 2.68. The van der Waals surface area contributed by atoms with Gasteiger partial charge < -0.3 is 19.4 Å². The van der Waals surface area contributed by atoms with Gasteiger partial charge in [0, 0.05) is 23.7 Å². The standard InChI is InChI=1S/C22H25ClN4O3/c1-12-13(2)30-22-19(12)20(24-14(3)25-22)27-9-5-6-15(11-27)21(28)26-17-10-16(23)7-8-18(17)29-4/h7-8,10,15H,5-6,9,11H2,1-4H3,(H,26,28)/t15-/m1/s1. The number of amides is 1. The number of aryl methyl sites for hydroxylation is 3. The summed E-state index contributed by atoms with van der Waals surface area (Å²) in [7, 11) is 1.57. The Bertz CT molecular complexity index is 1110. The smallest absolute Gasteiger partial charge is 0.231 e. The van der Waals surface area contributed by atoms with Crippen molar-refractivity contribution in [1.29, 1.82) is 0 Å². The average Bonchev–Trinajstić information content (AvgIpc) is 3.01. The van der Waals surface area contributed by atoms with Gasteiger partial charge >= 0.3 is 0 Å². The van der Waals surface area contributed by atoms with Crippen LogP contribution in [0.3, 0.4) is 0 Å². The molecular formula is C22H25ClN4O3. The number of nitrogens with one attached hydrogen (secondary N) is 1. The molecule has 0 bridgehead atoms. The van der Waals surface area contributed by atoms with Crippen LogP contribution in [-0.2, 0) is 4.79 Å². The fraction of sp³-hybridized carbons (Fsp3) is 0.409. The normalized spacial score (nSPS) is 16.7. The number of piperidine rings is 1. The molecule has 0 aliphatic carbocycles. The Labute approximate surface area is 180 Å². The number of fused-ring (bicyclic) bond motifs is 1. The zero-order chi connectivity index (χ0) is 21.4. The minimum Gasteiger partial charge on any atom is -0.495 e. The largest absolute Gasteiger partial charge is 0.495 e. The maximum absolute atomic E-state index is 13.0. The van der Waals surface area contributed by atoms with Crippen molar-refractivity contribution in [3.05, 3.63) is 40.4 Å². The van der Waals surface area contributed by atoms with Crippen molar-refractivity contribution < 1.29 is 13.9 Å². The Balaban J connectivity index is 1.59. The Kier molecular flexibility index (Phi) is 5.56. The first-order chi connectivity index (χ1) is 14.4. The van der Waals surface area contributed by atoms with Crippen molar-refractivity contribution in [3.63, 3.8) is 0 Å². The Hall–Kier alpha value is -2.80. The lowest BCUT2D eigenvalue weighted by molar-refractivity contribution is -0.120. The summed E-state index contributed by atoms with van der Waals surface area (Å²) >= 11 is 6.10. The van der Waals surface area contributed by atoms with Crippen LogP contribution in [0, 0.1) is 26.7 Å². The molecule has 1 aliphatic rings. The molecule has 3 heterocycles. The molecule has 1 aromatic carbocycles. The van der Waals surface area contributed by atoms with Crippen LogP contribution in [0.2, 0.25) is 5.02 Å². The minimum atomic E-state index is -0.180. The lowest BCUT2D eigenvalue weighted by Gasteiger charge is -2.33. The summed E-state index contributed by atoms with van der Waals surface area (Å²) in [5, 5.41) is 4.45. The highest BCUT2D eigenvalue weighted by molar-refractivity contribution is 6.31. The molecule has 3 aromatic rings. The van der Waals surface area contributed by atoms with E-state index in [0.717, 1.165) is 41.9 Å². The van der Waals surface area contributed by atoms with Crippen LogP contribution in [0.5, 0.6) is 5.75 Å². The summed E-state index contributed by atoms with van der Waals surface area (Å²) in [6, 6.07) is 5.18. The maximum atomic E-state index is 13.0. The third kappa shape index (κ3) is 3.81. The first-order valence-electron chi connectivity index (χ1n) is 10.0. The van der Waals surface area contributed by atoms with Gasteiger partial charge in [-0.05, 0) is 51.8 Å². The molecule has 1 fully saturated rings. The molecule has 8 heteroatoms. The van der Waals surface area contributed by atoms with Crippen LogP contribution < -0.4 is 15.0 Å². The number of benzene rings is 1. The molecule has 2 aromatic heterocycles. The van der Waals surface area contributed by atoms with Gasteiger partial charge in [0.2, 0.25) is 11.6 Å². The number of aromatic nitrogens is 2. The molecule has 4 rings (SSSR count). The molecule has 0 spiro atoms. The van der Waals surface area contributed by atoms with E-state index in [9.17, 15) is 4.79 Å². The lowest BCUT2D eigenvalue weighted by Crippen LogP contribution is -2.41. The first kappa shape index (κ1) is 20.5. The number of hydrogen-bond donors (Lipinski definition) is 1. The van der Waals surface area contributed by atoms with Gasteiger partial charge in [0.25, 0.3) is 0 Å². The number of nitrogens with zero attached hydrogens (tertiary/aromatic N) is 3. The predicted molar refractivity (Wildman–Crippen MR) is 118 cm³/mol. The highest BCUT2D eigenvalue weighted by Gasteiger charge is 2.29. The average molecular weight is 429 g/mol. The Morgan fingerprint density at radius 1 is 1.30 bits per heavy atom. The molecule has 1 aliphatic heterocycles. The van der Waals surface area contributed by atoms with Crippen molar-refractivity contribution in [3.8, 4) is 5.75 Å². The molecular weight excluding hydrogens is 404 g/mol. The molecule has 7 nitrogen and oxygen atoms in total. The first-order valence-corrected chi connectivity index (χ1v) is 10.4. The number of furan rings is 1. The van der Waals surface area contributed by atoms with Crippen molar-refractivity contribution in [1.82, 2.24) is 9.97 Å². The fourth-order valence-corrected chi connectivity index (χ4v) is 4.13. The molecule has 1 N–H and O–H groups in total. The minimum absolute atomic E-state index is 0.0533. The van der Waals surface area contributed by atoms with Crippen LogP contribution >= 0.6 is 11.6 Å². The van der Waals surface area contributed by atoms with Crippen molar-refractivity contribution in [2.75, 3.05) is 30.4 Å². The number of hydrogen-bond acceptors (Lipinski definition) is 6. The second kappa shape index (κ2) is 8.14. The maximum Gasteiger partial charge on any atom is 0.231 e. The molecule has 1 amide bonds. The lowest BCUT2D eigenvalue weighted by atomic mass is 9.96. The molecule has 0 radical (unpaired) electrons. The van der Waals surface area contributed by atoms with Crippen molar-refractivity contribution >= 4 is 40.1 Å². The number of carbonyl (C=O) groups is 1. The molecule has 1 saturated heterocycles. The van der Waals surface area contributed by atoms with Gasteiger partial charge in [0.15, 0.2) is 0 Å². The number of rotatable bonds is 4. The summed E-state index contributed by atoms with van der Waals surface area (Å²) in [6.07, 6.45) is 1.70. The van der Waals surface area contributed by atoms with Crippen LogP contribution in [0.25, 0.3) is 11.1 Å². The van der Waals surface area contributed by atoms with E-state index in [4.69, 9.17) is 25.7 Å². The molecule has 1 atom stereocenters. The summed E-state index contributed by atoms with van der Waals surface area (Å²) < 4.78 is 11.2. The van der Waals surface area contributed by atoms with E-state index in [2.05, 4.69) is 15.2 Å². The molecule has 158 valence electrons. The summed E-state index contributed by atoms with van der Waals surface area (Å²) in [4.78, 5) is 24.3. The second-order valence-electron chi connectivity index (χ2n) is 7.68. The van der Waals surface area contributed by atoms with Gasteiger partial charge in [-0.1, -0.05) is 11.6 Å². The third-order valence-electron chi connectivity index (χ3n) is 5.63. The Morgan fingerprint density at radius 3 is 2.87 bits per heavy atom. The molecule has 0 unspecified atom stereocenters. The van der Waals surface area contributed by atoms with E-state index < -0.39 is 0 Å². The molecule has 30 heavy (non-hydrogen) atoms. The zero-order valence-electron chi connectivity index (χ0n) is 17.6. The van der Waals surface area contributed by atoms with Crippen LogP contribution in [0.15, 0.2) is 22.6 Å². The van der Waals surface area contributed by atoms with Gasteiger partial charge in [0.05, 0.1) is 24.1 Å². The quantitative estimate of drug-likeness (QED) is 0.650. The van der Waals surface area contributed by atoms with E-state index in [-0.39, 0.29) is 11.8 Å².